The van der Waals surface area contributed by atoms with E-state index in [9.17, 15) is 4.79 Å². The number of amides is 1. The van der Waals surface area contributed by atoms with E-state index >= 15 is 0 Å². The number of aryl methyl sites for hydroxylation is 1. The first kappa shape index (κ1) is 14.9. The Balaban J connectivity index is 1.75. The topological polar surface area (TPSA) is 61.9 Å². The van der Waals surface area contributed by atoms with Crippen molar-refractivity contribution in [2.24, 2.45) is 0 Å². The van der Waals surface area contributed by atoms with Crippen LogP contribution in [0.25, 0.3) is 10.9 Å². The number of carbonyl (C=O) groups is 1. The third kappa shape index (κ3) is 2.46. The Morgan fingerprint density at radius 3 is 3.00 bits per heavy atom. The molecule has 1 amide bonds. The minimum atomic E-state index is 0.0701. The summed E-state index contributed by atoms with van der Waals surface area (Å²) in [5.74, 6) is 0.0762. The molecule has 122 valence electrons. The van der Waals surface area contributed by atoms with Gasteiger partial charge in [0, 0.05) is 23.7 Å². The first-order valence-electron chi connectivity index (χ1n) is 8.40. The number of pyridine rings is 1. The molecule has 24 heavy (non-hydrogen) atoms. The van der Waals surface area contributed by atoms with Crippen molar-refractivity contribution in [2.75, 3.05) is 6.54 Å². The van der Waals surface area contributed by atoms with Gasteiger partial charge < -0.3 is 4.90 Å². The molecule has 1 aromatic carbocycles. The van der Waals surface area contributed by atoms with Gasteiger partial charge >= 0.3 is 0 Å². The lowest BCUT2D eigenvalue weighted by molar-refractivity contribution is 0.0607. The third-order valence-corrected chi connectivity index (χ3v) is 4.84. The number of aromatic nitrogens is 3. The second-order valence-corrected chi connectivity index (χ2v) is 6.35. The zero-order valence-corrected chi connectivity index (χ0v) is 13.7. The van der Waals surface area contributed by atoms with E-state index in [2.05, 4.69) is 15.2 Å². The van der Waals surface area contributed by atoms with Crippen LogP contribution >= 0.6 is 0 Å². The van der Waals surface area contributed by atoms with E-state index in [1.165, 1.54) is 0 Å². The minimum Gasteiger partial charge on any atom is -0.330 e. The molecule has 0 radical (unpaired) electrons. The summed E-state index contributed by atoms with van der Waals surface area (Å²) in [7, 11) is 0. The smallest absolute Gasteiger partial charge is 0.255 e. The fraction of sp³-hybridized carbons (Fsp3) is 0.316. The number of carbonyl (C=O) groups excluding carboxylic acids is 1. The summed E-state index contributed by atoms with van der Waals surface area (Å²) in [6.45, 7) is 2.82. The van der Waals surface area contributed by atoms with Crippen LogP contribution in [0, 0.1) is 6.92 Å². The van der Waals surface area contributed by atoms with Crippen LogP contribution in [0.4, 0.5) is 0 Å². The number of piperidine rings is 1. The molecule has 0 bridgehead atoms. The van der Waals surface area contributed by atoms with Crippen molar-refractivity contribution in [3.8, 4) is 0 Å². The lowest BCUT2D eigenvalue weighted by Gasteiger charge is -2.35. The highest BCUT2D eigenvalue weighted by molar-refractivity contribution is 6.06. The standard InChI is InChI=1S/C19H20N4O/c1-13-12-21-22-18(13)17-9-2-3-11-23(17)19(24)15-6-4-8-16-14(15)7-5-10-20-16/h4-8,10,12,17H,2-3,9,11H2,1H3,(H,21,22). The van der Waals surface area contributed by atoms with Gasteiger partial charge in [-0.1, -0.05) is 12.1 Å². The maximum atomic E-state index is 13.3. The van der Waals surface area contributed by atoms with Gasteiger partial charge in [-0.2, -0.15) is 5.10 Å². The van der Waals surface area contributed by atoms with Crippen molar-refractivity contribution in [3.63, 3.8) is 0 Å². The van der Waals surface area contributed by atoms with Gasteiger partial charge in [-0.3, -0.25) is 14.9 Å². The molecule has 1 saturated heterocycles. The number of nitrogens with one attached hydrogen (secondary N) is 1. The zero-order valence-electron chi connectivity index (χ0n) is 13.7. The summed E-state index contributed by atoms with van der Waals surface area (Å²) in [6.07, 6.45) is 6.73. The predicted octanol–water partition coefficient (Wildman–Crippen LogP) is 3.63. The van der Waals surface area contributed by atoms with Crippen LogP contribution in [0.1, 0.15) is 46.9 Å². The molecule has 3 heterocycles. The van der Waals surface area contributed by atoms with Gasteiger partial charge in [0.1, 0.15) is 0 Å². The lowest BCUT2D eigenvalue weighted by atomic mass is 9.96. The van der Waals surface area contributed by atoms with Crippen molar-refractivity contribution in [1.82, 2.24) is 20.1 Å². The quantitative estimate of drug-likeness (QED) is 0.784. The van der Waals surface area contributed by atoms with Crippen molar-refractivity contribution >= 4 is 16.8 Å². The average molecular weight is 320 g/mol. The summed E-state index contributed by atoms with van der Waals surface area (Å²) in [6, 6.07) is 9.67. The number of hydrogen-bond acceptors (Lipinski definition) is 3. The maximum Gasteiger partial charge on any atom is 0.255 e. The van der Waals surface area contributed by atoms with Gasteiger partial charge in [-0.25, -0.2) is 0 Å². The molecule has 5 nitrogen and oxygen atoms in total. The SMILES string of the molecule is Cc1cn[nH]c1C1CCCCN1C(=O)c1cccc2ncccc12. The molecule has 0 saturated carbocycles. The highest BCUT2D eigenvalue weighted by atomic mass is 16.2. The summed E-state index contributed by atoms with van der Waals surface area (Å²) in [4.78, 5) is 19.7. The van der Waals surface area contributed by atoms with Crippen LogP contribution in [0.5, 0.6) is 0 Å². The van der Waals surface area contributed by atoms with Gasteiger partial charge in [0.05, 0.1) is 23.4 Å². The lowest BCUT2D eigenvalue weighted by Crippen LogP contribution is -2.39. The molecule has 1 fully saturated rings. The van der Waals surface area contributed by atoms with Gasteiger partial charge in [0.25, 0.3) is 5.91 Å². The van der Waals surface area contributed by atoms with Crippen molar-refractivity contribution < 1.29 is 4.79 Å². The van der Waals surface area contributed by atoms with Crippen LogP contribution in [0.15, 0.2) is 42.7 Å². The van der Waals surface area contributed by atoms with Crippen LogP contribution in [-0.4, -0.2) is 32.5 Å². The summed E-state index contributed by atoms with van der Waals surface area (Å²) >= 11 is 0. The highest BCUT2D eigenvalue weighted by Gasteiger charge is 2.31. The van der Waals surface area contributed by atoms with E-state index in [0.717, 1.165) is 53.5 Å². The number of aromatic amines is 1. The predicted molar refractivity (Wildman–Crippen MR) is 92.7 cm³/mol. The molecule has 1 aliphatic rings. The molecular weight excluding hydrogens is 300 g/mol. The first-order valence-corrected chi connectivity index (χ1v) is 8.40. The Labute approximate surface area is 140 Å². The number of rotatable bonds is 2. The number of H-pyrrole nitrogens is 1. The molecule has 1 unspecified atom stereocenters. The number of hydrogen-bond donors (Lipinski definition) is 1. The van der Waals surface area contributed by atoms with E-state index in [0.29, 0.717) is 0 Å². The number of fused-ring (bicyclic) bond motifs is 1. The Bertz CT molecular complexity index is 880. The Hall–Kier alpha value is -2.69. The normalized spacial score (nSPS) is 18.0. The fourth-order valence-electron chi connectivity index (χ4n) is 3.61. The molecule has 1 aliphatic heterocycles. The second kappa shape index (κ2) is 6.07. The molecule has 1 atom stereocenters. The van der Waals surface area contributed by atoms with Crippen molar-refractivity contribution in [3.05, 3.63) is 59.5 Å². The van der Waals surface area contributed by atoms with Crippen LogP contribution in [0.3, 0.4) is 0 Å². The van der Waals surface area contributed by atoms with Crippen molar-refractivity contribution in [2.45, 2.75) is 32.2 Å². The van der Waals surface area contributed by atoms with E-state index in [4.69, 9.17) is 0 Å². The molecule has 4 rings (SSSR count). The molecule has 3 aromatic rings. The highest BCUT2D eigenvalue weighted by Crippen LogP contribution is 2.33. The van der Waals surface area contributed by atoms with E-state index < -0.39 is 0 Å². The zero-order chi connectivity index (χ0) is 16.5. The molecule has 5 heteroatoms. The molecule has 2 aromatic heterocycles. The first-order chi connectivity index (χ1) is 11.8. The summed E-state index contributed by atoms with van der Waals surface area (Å²) < 4.78 is 0. The number of nitrogens with zero attached hydrogens (tertiary/aromatic N) is 3. The van der Waals surface area contributed by atoms with Crippen LogP contribution in [0.2, 0.25) is 0 Å². The molecule has 1 N–H and O–H groups in total. The summed E-state index contributed by atoms with van der Waals surface area (Å²) in [5, 5.41) is 8.15. The molecule has 0 aliphatic carbocycles. The third-order valence-electron chi connectivity index (χ3n) is 4.84. The molecule has 0 spiro atoms. The van der Waals surface area contributed by atoms with Gasteiger partial charge in [0.15, 0.2) is 0 Å². The van der Waals surface area contributed by atoms with Gasteiger partial charge in [0.2, 0.25) is 0 Å². The van der Waals surface area contributed by atoms with E-state index in [1.54, 1.807) is 6.20 Å². The average Bonchev–Trinajstić information content (AvgIpc) is 3.06. The van der Waals surface area contributed by atoms with Gasteiger partial charge in [-0.05, 0) is 49.9 Å². The summed E-state index contributed by atoms with van der Waals surface area (Å²) in [5.41, 5.74) is 3.75. The Morgan fingerprint density at radius 1 is 1.25 bits per heavy atom. The minimum absolute atomic E-state index is 0.0701. The second-order valence-electron chi connectivity index (χ2n) is 6.35. The number of likely N-dealkylation sites (tertiary alicyclic amines) is 1. The Kier molecular flexibility index (Phi) is 3.76. The van der Waals surface area contributed by atoms with Crippen molar-refractivity contribution in [1.29, 1.82) is 0 Å². The van der Waals surface area contributed by atoms with Crippen LogP contribution in [-0.2, 0) is 0 Å². The molecular formula is C19H20N4O. The van der Waals surface area contributed by atoms with Gasteiger partial charge in [-0.15, -0.1) is 0 Å². The maximum absolute atomic E-state index is 13.3. The fourth-order valence-corrected chi connectivity index (χ4v) is 3.61. The largest absolute Gasteiger partial charge is 0.330 e. The van der Waals surface area contributed by atoms with E-state index in [-0.39, 0.29) is 11.9 Å². The Morgan fingerprint density at radius 2 is 2.17 bits per heavy atom. The van der Waals surface area contributed by atoms with E-state index in [1.807, 2.05) is 48.4 Å². The number of benzene rings is 1. The monoisotopic (exact) mass is 320 g/mol. The van der Waals surface area contributed by atoms with Crippen LogP contribution < -0.4 is 0 Å².